The Labute approximate surface area is 116 Å². The molecule has 0 aliphatic rings. The molecular weight excluding hydrogens is 252 g/mol. The lowest BCUT2D eigenvalue weighted by Gasteiger charge is -2.03. The van der Waals surface area contributed by atoms with Gasteiger partial charge in [0.2, 0.25) is 0 Å². The second kappa shape index (κ2) is 6.81. The molecule has 2 aromatic heterocycles. The fourth-order valence-electron chi connectivity index (χ4n) is 1.54. The van der Waals surface area contributed by atoms with Crippen molar-refractivity contribution < 1.29 is 4.79 Å². The summed E-state index contributed by atoms with van der Waals surface area (Å²) in [6.45, 7) is 0.350. The SMILES string of the molecule is N#CC(=Cc1ccccn1)C(=O)NCc1ccncc1. The molecule has 1 N–H and O–H groups in total. The number of amides is 1. The van der Waals surface area contributed by atoms with Gasteiger partial charge in [-0.05, 0) is 35.9 Å². The van der Waals surface area contributed by atoms with Gasteiger partial charge in [0.05, 0.1) is 5.69 Å². The van der Waals surface area contributed by atoms with Crippen LogP contribution in [0.4, 0.5) is 0 Å². The lowest BCUT2D eigenvalue weighted by atomic mass is 10.2. The van der Waals surface area contributed by atoms with E-state index in [0.717, 1.165) is 5.56 Å². The maximum absolute atomic E-state index is 11.9. The highest BCUT2D eigenvalue weighted by molar-refractivity contribution is 6.01. The average molecular weight is 264 g/mol. The number of pyridine rings is 2. The minimum Gasteiger partial charge on any atom is -0.347 e. The van der Waals surface area contributed by atoms with Crippen LogP contribution in [-0.2, 0) is 11.3 Å². The first-order valence-electron chi connectivity index (χ1n) is 5.99. The molecule has 0 saturated carbocycles. The summed E-state index contributed by atoms with van der Waals surface area (Å²) in [5.41, 5.74) is 1.52. The molecule has 98 valence electrons. The smallest absolute Gasteiger partial charge is 0.262 e. The van der Waals surface area contributed by atoms with E-state index in [0.29, 0.717) is 12.2 Å². The summed E-state index contributed by atoms with van der Waals surface area (Å²) in [6, 6.07) is 10.8. The van der Waals surface area contributed by atoms with Gasteiger partial charge in [-0.25, -0.2) is 0 Å². The summed E-state index contributed by atoms with van der Waals surface area (Å²) in [5.74, 6) is -0.421. The van der Waals surface area contributed by atoms with Crippen LogP contribution >= 0.6 is 0 Å². The molecule has 2 aromatic rings. The standard InChI is InChI=1S/C15H12N4O/c16-10-13(9-14-3-1-2-6-18-14)15(20)19-11-12-4-7-17-8-5-12/h1-9H,11H2,(H,19,20). The van der Waals surface area contributed by atoms with Crippen LogP contribution in [0.25, 0.3) is 6.08 Å². The Balaban J connectivity index is 2.03. The third kappa shape index (κ3) is 3.75. The van der Waals surface area contributed by atoms with Crippen LogP contribution in [0.1, 0.15) is 11.3 Å². The summed E-state index contributed by atoms with van der Waals surface area (Å²) in [4.78, 5) is 19.9. The van der Waals surface area contributed by atoms with Crippen LogP contribution in [0.3, 0.4) is 0 Å². The Morgan fingerprint density at radius 1 is 1.25 bits per heavy atom. The van der Waals surface area contributed by atoms with E-state index in [1.54, 1.807) is 48.9 Å². The number of nitriles is 1. The van der Waals surface area contributed by atoms with Crippen molar-refractivity contribution in [2.45, 2.75) is 6.54 Å². The number of carbonyl (C=O) groups excluding carboxylic acids is 1. The normalized spacial score (nSPS) is 10.7. The number of hydrogen-bond donors (Lipinski definition) is 1. The van der Waals surface area contributed by atoms with E-state index in [2.05, 4.69) is 15.3 Å². The van der Waals surface area contributed by atoms with E-state index >= 15 is 0 Å². The molecule has 2 rings (SSSR count). The van der Waals surface area contributed by atoms with E-state index < -0.39 is 5.91 Å². The molecule has 0 radical (unpaired) electrons. The number of nitrogens with zero attached hydrogens (tertiary/aromatic N) is 3. The van der Waals surface area contributed by atoms with Crippen molar-refractivity contribution in [3.63, 3.8) is 0 Å². The van der Waals surface area contributed by atoms with E-state index in [1.165, 1.54) is 6.08 Å². The number of hydrogen-bond acceptors (Lipinski definition) is 4. The Kier molecular flexibility index (Phi) is 4.57. The molecule has 0 saturated heterocycles. The number of rotatable bonds is 4. The molecule has 1 amide bonds. The minimum absolute atomic E-state index is 0.0257. The van der Waals surface area contributed by atoms with Gasteiger partial charge in [0, 0.05) is 25.1 Å². The van der Waals surface area contributed by atoms with E-state index in [-0.39, 0.29) is 5.57 Å². The third-order valence-corrected chi connectivity index (χ3v) is 2.55. The minimum atomic E-state index is -0.421. The molecule has 2 heterocycles. The second-order valence-electron chi connectivity index (χ2n) is 3.96. The predicted molar refractivity (Wildman–Crippen MR) is 73.9 cm³/mol. The first-order valence-corrected chi connectivity index (χ1v) is 5.99. The Morgan fingerprint density at radius 2 is 2.05 bits per heavy atom. The van der Waals surface area contributed by atoms with Gasteiger partial charge in [0.15, 0.2) is 0 Å². The lowest BCUT2D eigenvalue weighted by molar-refractivity contribution is -0.117. The van der Waals surface area contributed by atoms with Crippen molar-refractivity contribution in [1.82, 2.24) is 15.3 Å². The van der Waals surface area contributed by atoms with Crippen LogP contribution < -0.4 is 5.32 Å². The zero-order valence-electron chi connectivity index (χ0n) is 10.7. The van der Waals surface area contributed by atoms with Gasteiger partial charge >= 0.3 is 0 Å². The maximum atomic E-state index is 11.9. The topological polar surface area (TPSA) is 78.7 Å². The van der Waals surface area contributed by atoms with Gasteiger partial charge in [0.1, 0.15) is 11.6 Å². The monoisotopic (exact) mass is 264 g/mol. The summed E-state index contributed by atoms with van der Waals surface area (Å²) < 4.78 is 0. The molecule has 0 bridgehead atoms. The molecule has 5 nitrogen and oxygen atoms in total. The van der Waals surface area contributed by atoms with Gasteiger partial charge in [0.25, 0.3) is 5.91 Å². The van der Waals surface area contributed by atoms with Crippen molar-refractivity contribution in [2.75, 3.05) is 0 Å². The largest absolute Gasteiger partial charge is 0.347 e. The Bertz CT molecular complexity index is 645. The predicted octanol–water partition coefficient (Wildman–Crippen LogP) is 1.70. The molecule has 5 heteroatoms. The summed E-state index contributed by atoms with van der Waals surface area (Å²) in [5, 5.41) is 11.7. The quantitative estimate of drug-likeness (QED) is 0.673. The zero-order chi connectivity index (χ0) is 14.2. The molecule has 0 spiro atoms. The molecular formula is C15H12N4O. The van der Waals surface area contributed by atoms with Gasteiger partial charge < -0.3 is 5.32 Å². The van der Waals surface area contributed by atoms with E-state index in [9.17, 15) is 4.79 Å². The first kappa shape index (κ1) is 13.4. The number of aromatic nitrogens is 2. The van der Waals surface area contributed by atoms with Gasteiger partial charge in [-0.2, -0.15) is 5.26 Å². The van der Waals surface area contributed by atoms with Gasteiger partial charge in [-0.15, -0.1) is 0 Å². The average Bonchev–Trinajstić information content (AvgIpc) is 2.52. The molecule has 0 aliphatic carbocycles. The molecule has 0 fully saturated rings. The molecule has 20 heavy (non-hydrogen) atoms. The van der Waals surface area contributed by atoms with E-state index in [4.69, 9.17) is 5.26 Å². The molecule has 0 aliphatic heterocycles. The Hall–Kier alpha value is -3.00. The van der Waals surface area contributed by atoms with Crippen molar-refractivity contribution in [2.24, 2.45) is 0 Å². The zero-order valence-corrected chi connectivity index (χ0v) is 10.7. The van der Waals surface area contributed by atoms with E-state index in [1.807, 2.05) is 6.07 Å². The first-order chi connectivity index (χ1) is 9.79. The van der Waals surface area contributed by atoms with Crippen molar-refractivity contribution in [3.05, 3.63) is 65.8 Å². The summed E-state index contributed by atoms with van der Waals surface area (Å²) >= 11 is 0. The van der Waals surface area contributed by atoms with Crippen LogP contribution in [0.2, 0.25) is 0 Å². The second-order valence-corrected chi connectivity index (χ2v) is 3.96. The van der Waals surface area contributed by atoms with Gasteiger partial charge in [-0.3, -0.25) is 14.8 Å². The van der Waals surface area contributed by atoms with Crippen LogP contribution in [0, 0.1) is 11.3 Å². The summed E-state index contributed by atoms with van der Waals surface area (Å²) in [6.07, 6.45) is 6.37. The lowest BCUT2D eigenvalue weighted by Crippen LogP contribution is -2.23. The fourth-order valence-corrected chi connectivity index (χ4v) is 1.54. The molecule has 0 aromatic carbocycles. The Morgan fingerprint density at radius 3 is 2.70 bits per heavy atom. The molecule has 0 atom stereocenters. The number of carbonyl (C=O) groups is 1. The summed E-state index contributed by atoms with van der Waals surface area (Å²) in [7, 11) is 0. The van der Waals surface area contributed by atoms with Crippen LogP contribution in [0.5, 0.6) is 0 Å². The molecule has 0 unspecified atom stereocenters. The third-order valence-electron chi connectivity index (χ3n) is 2.55. The highest BCUT2D eigenvalue weighted by Crippen LogP contribution is 2.04. The van der Waals surface area contributed by atoms with Crippen molar-refractivity contribution in [1.29, 1.82) is 5.26 Å². The van der Waals surface area contributed by atoms with Gasteiger partial charge in [-0.1, -0.05) is 6.07 Å². The van der Waals surface area contributed by atoms with Crippen molar-refractivity contribution >= 4 is 12.0 Å². The maximum Gasteiger partial charge on any atom is 0.262 e. The van der Waals surface area contributed by atoms with Crippen LogP contribution in [-0.4, -0.2) is 15.9 Å². The highest BCUT2D eigenvalue weighted by Gasteiger charge is 2.08. The fraction of sp³-hybridized carbons (Fsp3) is 0.0667. The highest BCUT2D eigenvalue weighted by atomic mass is 16.1. The van der Waals surface area contributed by atoms with Crippen molar-refractivity contribution in [3.8, 4) is 6.07 Å². The number of nitrogens with one attached hydrogen (secondary N) is 1. The van der Waals surface area contributed by atoms with Crippen LogP contribution in [0.15, 0.2) is 54.5 Å².